The number of nitrogens with one attached hydrogen (secondary N) is 1. The van der Waals surface area contributed by atoms with E-state index in [0.29, 0.717) is 35.9 Å². The molecule has 4 heterocycles. The smallest absolute Gasteiger partial charge is 0.399 e. The topological polar surface area (TPSA) is 93.6 Å². The predicted molar refractivity (Wildman–Crippen MR) is 132 cm³/mol. The van der Waals surface area contributed by atoms with Crippen molar-refractivity contribution in [3.8, 4) is 11.1 Å². The number of morpholine rings is 1. The van der Waals surface area contributed by atoms with Crippen molar-refractivity contribution in [2.75, 3.05) is 42.3 Å². The molecular formula is C25H26F3N7O. The number of halogens is 3. The quantitative estimate of drug-likeness (QED) is 0.386. The van der Waals surface area contributed by atoms with Gasteiger partial charge in [-0.05, 0) is 61.4 Å². The first kappa shape index (κ1) is 23.9. The zero-order chi connectivity index (χ0) is 25.4. The third-order valence-electron chi connectivity index (χ3n) is 6.14. The van der Waals surface area contributed by atoms with E-state index in [9.17, 15) is 13.2 Å². The summed E-state index contributed by atoms with van der Waals surface area (Å²) >= 11 is 0. The maximum absolute atomic E-state index is 13.3. The van der Waals surface area contributed by atoms with Crippen LogP contribution in [0.5, 0.6) is 0 Å². The maximum atomic E-state index is 13.3. The number of nitrogens with zero attached hydrogens (tertiary/aromatic N) is 5. The van der Waals surface area contributed by atoms with E-state index in [1.165, 1.54) is 6.07 Å². The van der Waals surface area contributed by atoms with E-state index in [-0.39, 0.29) is 5.69 Å². The molecule has 0 aliphatic carbocycles. The number of pyridine rings is 1. The van der Waals surface area contributed by atoms with Gasteiger partial charge in [0, 0.05) is 36.7 Å². The third-order valence-corrected chi connectivity index (χ3v) is 6.14. The molecule has 3 N–H and O–H groups in total. The maximum Gasteiger partial charge on any atom is 0.416 e. The standard InChI is InChI=1S/C25H26F3N7O/c1-15(18-9-20(25(26,27)28)13-21(29)10-18)31-24-22-11-19(14-35(22)33-16(2)32-24)17-3-4-30-23(12-17)34-5-7-36-8-6-34/h3-4,9-15H,5-8,29H2,1-2H3,(H,31,32,33)/t15-/m1/s1. The first-order chi connectivity index (χ1) is 17.2. The summed E-state index contributed by atoms with van der Waals surface area (Å²) in [4.78, 5) is 11.2. The highest BCUT2D eigenvalue weighted by Gasteiger charge is 2.31. The van der Waals surface area contributed by atoms with Crippen molar-refractivity contribution < 1.29 is 17.9 Å². The van der Waals surface area contributed by atoms with Gasteiger partial charge < -0.3 is 20.7 Å². The van der Waals surface area contributed by atoms with Crippen molar-refractivity contribution in [3.63, 3.8) is 0 Å². The van der Waals surface area contributed by atoms with E-state index in [1.807, 2.05) is 24.4 Å². The molecule has 1 atom stereocenters. The van der Waals surface area contributed by atoms with E-state index in [2.05, 4.69) is 25.3 Å². The largest absolute Gasteiger partial charge is 0.416 e. The van der Waals surface area contributed by atoms with Crippen LogP contribution in [0, 0.1) is 6.92 Å². The van der Waals surface area contributed by atoms with Crippen molar-refractivity contribution in [2.45, 2.75) is 26.1 Å². The first-order valence-electron chi connectivity index (χ1n) is 11.6. The lowest BCUT2D eigenvalue weighted by Gasteiger charge is -2.27. The Bertz CT molecular complexity index is 1400. The lowest BCUT2D eigenvalue weighted by Crippen LogP contribution is -2.36. The van der Waals surface area contributed by atoms with Crippen molar-refractivity contribution >= 4 is 22.8 Å². The average molecular weight is 498 g/mol. The number of anilines is 3. The molecule has 3 aromatic heterocycles. The predicted octanol–water partition coefficient (Wildman–Crippen LogP) is 4.71. The van der Waals surface area contributed by atoms with E-state index in [0.717, 1.165) is 42.2 Å². The fourth-order valence-corrected chi connectivity index (χ4v) is 4.32. The van der Waals surface area contributed by atoms with Gasteiger partial charge in [0.1, 0.15) is 17.2 Å². The van der Waals surface area contributed by atoms with Crippen LogP contribution in [-0.4, -0.2) is 45.9 Å². The van der Waals surface area contributed by atoms with E-state index < -0.39 is 17.8 Å². The number of alkyl halides is 3. The monoisotopic (exact) mass is 497 g/mol. The Balaban J connectivity index is 1.47. The van der Waals surface area contributed by atoms with Crippen LogP contribution in [0.3, 0.4) is 0 Å². The number of ether oxygens (including phenoxy) is 1. The molecule has 0 unspecified atom stereocenters. The average Bonchev–Trinajstić information content (AvgIpc) is 3.28. The number of aromatic nitrogens is 4. The molecule has 188 valence electrons. The van der Waals surface area contributed by atoms with Crippen LogP contribution in [0.25, 0.3) is 16.6 Å². The minimum Gasteiger partial charge on any atom is -0.399 e. The van der Waals surface area contributed by atoms with Crippen LogP contribution in [0.15, 0.2) is 48.8 Å². The second-order valence-corrected chi connectivity index (χ2v) is 8.82. The molecule has 0 saturated carbocycles. The first-order valence-corrected chi connectivity index (χ1v) is 11.6. The van der Waals surface area contributed by atoms with E-state index >= 15 is 0 Å². The number of aryl methyl sites for hydroxylation is 1. The van der Waals surface area contributed by atoms with Gasteiger partial charge in [0.15, 0.2) is 5.82 Å². The van der Waals surface area contributed by atoms with Gasteiger partial charge in [-0.1, -0.05) is 0 Å². The molecule has 36 heavy (non-hydrogen) atoms. The Kier molecular flexibility index (Phi) is 6.17. The number of rotatable bonds is 5. The van der Waals surface area contributed by atoms with Crippen LogP contribution in [-0.2, 0) is 10.9 Å². The van der Waals surface area contributed by atoms with Crippen molar-refractivity contribution in [1.82, 2.24) is 19.6 Å². The molecule has 0 radical (unpaired) electrons. The van der Waals surface area contributed by atoms with Crippen molar-refractivity contribution in [2.24, 2.45) is 0 Å². The fourth-order valence-electron chi connectivity index (χ4n) is 4.32. The van der Waals surface area contributed by atoms with E-state index in [1.54, 1.807) is 24.6 Å². The Morgan fingerprint density at radius 1 is 1.08 bits per heavy atom. The number of benzene rings is 1. The van der Waals surface area contributed by atoms with E-state index in [4.69, 9.17) is 10.5 Å². The molecule has 1 fully saturated rings. The van der Waals surface area contributed by atoms with Gasteiger partial charge in [-0.25, -0.2) is 14.5 Å². The summed E-state index contributed by atoms with van der Waals surface area (Å²) in [5.74, 6) is 1.91. The molecule has 0 spiro atoms. The van der Waals surface area contributed by atoms with Crippen molar-refractivity contribution in [3.05, 3.63) is 65.7 Å². The lowest BCUT2D eigenvalue weighted by atomic mass is 10.0. The Labute approximate surface area is 205 Å². The van der Waals surface area contributed by atoms with Gasteiger partial charge in [-0.15, -0.1) is 0 Å². The summed E-state index contributed by atoms with van der Waals surface area (Å²) in [6.45, 7) is 6.43. The molecule has 5 rings (SSSR count). The van der Waals surface area contributed by atoms with Gasteiger partial charge in [0.25, 0.3) is 0 Å². The van der Waals surface area contributed by atoms with Crippen LogP contribution in [0.1, 0.15) is 29.9 Å². The highest BCUT2D eigenvalue weighted by atomic mass is 19.4. The van der Waals surface area contributed by atoms with Gasteiger partial charge in [-0.2, -0.15) is 18.3 Å². The van der Waals surface area contributed by atoms with Crippen LogP contribution in [0.4, 0.5) is 30.5 Å². The summed E-state index contributed by atoms with van der Waals surface area (Å²) in [6.07, 6.45) is -0.803. The molecule has 1 aliphatic heterocycles. The Hall–Kier alpha value is -3.86. The zero-order valence-corrected chi connectivity index (χ0v) is 19.9. The van der Waals surface area contributed by atoms with Crippen LogP contribution in [0.2, 0.25) is 0 Å². The van der Waals surface area contributed by atoms with Gasteiger partial charge in [0.2, 0.25) is 0 Å². The second kappa shape index (κ2) is 9.30. The normalized spacial score (nSPS) is 15.3. The molecule has 1 aliphatic rings. The molecule has 11 heteroatoms. The van der Waals surface area contributed by atoms with Gasteiger partial charge >= 0.3 is 6.18 Å². The summed E-state index contributed by atoms with van der Waals surface area (Å²) in [5, 5.41) is 7.74. The number of nitrogens with two attached hydrogens (primary N) is 1. The minimum atomic E-state index is -4.48. The second-order valence-electron chi connectivity index (χ2n) is 8.82. The Morgan fingerprint density at radius 2 is 1.86 bits per heavy atom. The molecule has 8 nitrogen and oxygen atoms in total. The zero-order valence-electron chi connectivity index (χ0n) is 19.9. The number of hydrogen-bond acceptors (Lipinski definition) is 7. The molecule has 4 aromatic rings. The number of hydrogen-bond donors (Lipinski definition) is 2. The number of fused-ring (bicyclic) bond motifs is 1. The summed E-state index contributed by atoms with van der Waals surface area (Å²) in [6, 6.07) is 9.00. The summed E-state index contributed by atoms with van der Waals surface area (Å²) in [5.41, 5.74) is 8.04. The van der Waals surface area contributed by atoms with Gasteiger partial charge in [-0.3, -0.25) is 0 Å². The molecule has 0 bridgehead atoms. The van der Waals surface area contributed by atoms with Gasteiger partial charge in [0.05, 0.1) is 24.8 Å². The highest BCUT2D eigenvalue weighted by molar-refractivity contribution is 5.78. The molecule has 1 saturated heterocycles. The summed E-state index contributed by atoms with van der Waals surface area (Å²) < 4.78 is 47.1. The SMILES string of the molecule is Cc1nc(N[C@H](C)c2cc(N)cc(C(F)(F)F)c2)c2cc(-c3ccnc(N4CCOCC4)c3)cn2n1. The number of nitrogen functional groups attached to an aromatic ring is 1. The van der Waals surface area contributed by atoms with Crippen LogP contribution < -0.4 is 16.0 Å². The Morgan fingerprint density at radius 3 is 2.61 bits per heavy atom. The fraction of sp³-hybridized carbons (Fsp3) is 0.320. The third kappa shape index (κ3) is 4.92. The van der Waals surface area contributed by atoms with Crippen LogP contribution >= 0.6 is 0 Å². The summed E-state index contributed by atoms with van der Waals surface area (Å²) in [7, 11) is 0. The molecule has 1 aromatic carbocycles. The molecular weight excluding hydrogens is 471 g/mol. The lowest BCUT2D eigenvalue weighted by molar-refractivity contribution is -0.137. The van der Waals surface area contributed by atoms with Crippen molar-refractivity contribution in [1.29, 1.82) is 0 Å². The highest BCUT2D eigenvalue weighted by Crippen LogP contribution is 2.34. The minimum absolute atomic E-state index is 0.0521. The molecule has 0 amide bonds.